The number of anilines is 2. The predicted molar refractivity (Wildman–Crippen MR) is 107 cm³/mol. The van der Waals surface area contributed by atoms with Gasteiger partial charge in [0.2, 0.25) is 11.8 Å². The number of ether oxygens (including phenoxy) is 1. The van der Waals surface area contributed by atoms with Crippen LogP contribution in [0, 0.1) is 18.3 Å². The van der Waals surface area contributed by atoms with Gasteiger partial charge in [-0.25, -0.2) is 9.78 Å². The fourth-order valence-corrected chi connectivity index (χ4v) is 2.72. The van der Waals surface area contributed by atoms with Crippen LogP contribution >= 0.6 is 23.2 Å². The first-order valence-corrected chi connectivity index (χ1v) is 8.76. The van der Waals surface area contributed by atoms with Crippen LogP contribution in [0.3, 0.4) is 0 Å². The summed E-state index contributed by atoms with van der Waals surface area (Å²) in [5.41, 5.74) is 1.39. The van der Waals surface area contributed by atoms with Crippen molar-refractivity contribution in [3.8, 4) is 17.7 Å². The molecule has 3 rings (SSSR count). The van der Waals surface area contributed by atoms with Gasteiger partial charge in [-0.05, 0) is 43.3 Å². The summed E-state index contributed by atoms with van der Waals surface area (Å²) in [7, 11) is 0. The van der Waals surface area contributed by atoms with E-state index >= 15 is 0 Å². The van der Waals surface area contributed by atoms with Gasteiger partial charge in [-0.3, -0.25) is 5.32 Å². The molecule has 1 aromatic heterocycles. The molecule has 0 atom stereocenters. The molecule has 140 valence electrons. The number of nitrogens with zero attached hydrogens (tertiary/aromatic N) is 3. The number of para-hydroxylation sites is 1. The van der Waals surface area contributed by atoms with Crippen LogP contribution < -0.4 is 15.4 Å². The number of nitrogens with one attached hydrogen (secondary N) is 2. The first-order valence-electron chi connectivity index (χ1n) is 8.00. The molecule has 1 heterocycles. The van der Waals surface area contributed by atoms with E-state index in [4.69, 9.17) is 33.2 Å². The van der Waals surface area contributed by atoms with Crippen LogP contribution in [0.15, 0.2) is 48.5 Å². The molecular weight excluding hydrogens is 401 g/mol. The van der Waals surface area contributed by atoms with Gasteiger partial charge in [0.05, 0.1) is 27.4 Å². The van der Waals surface area contributed by atoms with E-state index in [1.807, 2.05) is 6.07 Å². The molecule has 0 bridgehead atoms. The van der Waals surface area contributed by atoms with Gasteiger partial charge in [-0.2, -0.15) is 10.2 Å². The van der Waals surface area contributed by atoms with Gasteiger partial charge >= 0.3 is 6.03 Å². The number of nitriles is 1. The Morgan fingerprint density at radius 2 is 1.75 bits per heavy atom. The van der Waals surface area contributed by atoms with Crippen molar-refractivity contribution in [2.45, 2.75) is 6.92 Å². The molecule has 0 unspecified atom stereocenters. The molecule has 0 fully saturated rings. The van der Waals surface area contributed by atoms with Gasteiger partial charge in [-0.1, -0.05) is 29.3 Å². The maximum absolute atomic E-state index is 12.2. The molecule has 0 aliphatic carbocycles. The predicted octanol–water partition coefficient (Wildman–Crippen LogP) is 5.40. The summed E-state index contributed by atoms with van der Waals surface area (Å²) in [4.78, 5) is 20.6. The molecule has 0 aliphatic rings. The van der Waals surface area contributed by atoms with Crippen LogP contribution in [0.5, 0.6) is 11.6 Å². The van der Waals surface area contributed by atoms with Crippen LogP contribution in [-0.4, -0.2) is 16.0 Å². The van der Waals surface area contributed by atoms with Gasteiger partial charge in [0.1, 0.15) is 5.75 Å². The van der Waals surface area contributed by atoms with E-state index in [2.05, 4.69) is 20.6 Å². The van der Waals surface area contributed by atoms with E-state index in [0.29, 0.717) is 27.1 Å². The van der Waals surface area contributed by atoms with Gasteiger partial charge in [0.15, 0.2) is 0 Å². The number of halogens is 2. The summed E-state index contributed by atoms with van der Waals surface area (Å²) in [6.45, 7) is 1.74. The summed E-state index contributed by atoms with van der Waals surface area (Å²) in [5, 5.41) is 14.5. The first-order chi connectivity index (χ1) is 13.4. The van der Waals surface area contributed by atoms with E-state index < -0.39 is 6.03 Å². The lowest BCUT2D eigenvalue weighted by atomic mass is 10.2. The third kappa shape index (κ3) is 4.88. The number of carbonyl (C=O) groups excluding carboxylic acids is 1. The molecule has 0 spiro atoms. The number of aromatic nitrogens is 2. The van der Waals surface area contributed by atoms with Crippen LogP contribution in [0.25, 0.3) is 0 Å². The monoisotopic (exact) mass is 413 g/mol. The summed E-state index contributed by atoms with van der Waals surface area (Å²) < 4.78 is 5.66. The van der Waals surface area contributed by atoms with E-state index in [0.717, 1.165) is 0 Å². The summed E-state index contributed by atoms with van der Waals surface area (Å²) in [6.07, 6.45) is 0. The Morgan fingerprint density at radius 1 is 1.07 bits per heavy atom. The van der Waals surface area contributed by atoms with Crippen LogP contribution in [0.2, 0.25) is 10.0 Å². The minimum atomic E-state index is -0.607. The number of urea groups is 1. The summed E-state index contributed by atoms with van der Waals surface area (Å²) in [5.74, 6) is 0.781. The van der Waals surface area contributed by atoms with Crippen molar-refractivity contribution in [2.24, 2.45) is 0 Å². The number of hydrogen-bond donors (Lipinski definition) is 2. The Hall–Kier alpha value is -3.34. The van der Waals surface area contributed by atoms with Crippen molar-refractivity contribution in [1.82, 2.24) is 9.97 Å². The Bertz CT molecular complexity index is 1040. The number of rotatable bonds is 4. The third-order valence-corrected chi connectivity index (χ3v) is 4.09. The smallest absolute Gasteiger partial charge is 0.326 e. The average molecular weight is 414 g/mol. The maximum atomic E-state index is 12.2. The standard InChI is InChI=1S/C19H13Cl2N5O2/c1-11-9-16(28-13-7-5-12(10-22)6-8-13)24-18(23-11)26-19(27)25-17-14(20)3-2-4-15(17)21/h2-9H,1H3,(H2,23,24,25,26,27). The fourth-order valence-electron chi connectivity index (χ4n) is 2.23. The lowest BCUT2D eigenvalue weighted by Gasteiger charge is -2.11. The first kappa shape index (κ1) is 19.4. The highest BCUT2D eigenvalue weighted by atomic mass is 35.5. The molecule has 9 heteroatoms. The molecule has 0 radical (unpaired) electrons. The van der Waals surface area contributed by atoms with E-state index in [-0.39, 0.29) is 17.5 Å². The number of amides is 2. The lowest BCUT2D eigenvalue weighted by Crippen LogP contribution is -2.21. The quantitative estimate of drug-likeness (QED) is 0.596. The maximum Gasteiger partial charge on any atom is 0.326 e. The molecule has 28 heavy (non-hydrogen) atoms. The number of aryl methyl sites for hydroxylation is 1. The molecule has 0 saturated heterocycles. The zero-order valence-electron chi connectivity index (χ0n) is 14.5. The van der Waals surface area contributed by atoms with Gasteiger partial charge in [-0.15, -0.1) is 0 Å². The van der Waals surface area contributed by atoms with Gasteiger partial charge < -0.3 is 10.1 Å². The molecular formula is C19H13Cl2N5O2. The molecule has 7 nitrogen and oxygen atoms in total. The molecule has 2 N–H and O–H groups in total. The Kier molecular flexibility index (Phi) is 5.94. The van der Waals surface area contributed by atoms with Crippen LogP contribution in [-0.2, 0) is 0 Å². The Morgan fingerprint density at radius 3 is 2.39 bits per heavy atom. The van der Waals surface area contributed by atoms with E-state index in [9.17, 15) is 4.79 Å². The molecule has 2 aromatic carbocycles. The van der Waals surface area contributed by atoms with Gasteiger partial charge in [0.25, 0.3) is 0 Å². The summed E-state index contributed by atoms with van der Waals surface area (Å²) in [6, 6.07) is 14.5. The number of carbonyl (C=O) groups is 1. The topological polar surface area (TPSA) is 99.9 Å². The zero-order valence-corrected chi connectivity index (χ0v) is 16.0. The van der Waals surface area contributed by atoms with Crippen LogP contribution in [0.1, 0.15) is 11.3 Å². The molecule has 0 aliphatic heterocycles. The normalized spacial score (nSPS) is 10.1. The minimum Gasteiger partial charge on any atom is -0.439 e. The van der Waals surface area contributed by atoms with Crippen LogP contribution in [0.4, 0.5) is 16.4 Å². The second kappa shape index (κ2) is 8.57. The number of hydrogen-bond acceptors (Lipinski definition) is 5. The molecule has 3 aromatic rings. The highest BCUT2D eigenvalue weighted by Crippen LogP contribution is 2.30. The summed E-state index contributed by atoms with van der Waals surface area (Å²) >= 11 is 12.1. The number of benzene rings is 2. The van der Waals surface area contributed by atoms with Crippen molar-refractivity contribution < 1.29 is 9.53 Å². The second-order valence-corrected chi connectivity index (χ2v) is 6.40. The highest BCUT2D eigenvalue weighted by molar-refractivity contribution is 6.39. The molecule has 0 saturated carbocycles. The molecule has 2 amide bonds. The van der Waals surface area contributed by atoms with Crippen molar-refractivity contribution >= 4 is 40.9 Å². The van der Waals surface area contributed by atoms with Gasteiger partial charge in [0, 0.05) is 11.8 Å². The highest BCUT2D eigenvalue weighted by Gasteiger charge is 2.12. The van der Waals surface area contributed by atoms with E-state index in [1.165, 1.54) is 0 Å². The fraction of sp³-hybridized carbons (Fsp3) is 0.0526. The van der Waals surface area contributed by atoms with E-state index in [1.54, 1.807) is 55.5 Å². The minimum absolute atomic E-state index is 0.0457. The van der Waals surface area contributed by atoms with Crippen molar-refractivity contribution in [3.63, 3.8) is 0 Å². The zero-order chi connectivity index (χ0) is 20.1. The van der Waals surface area contributed by atoms with Crippen molar-refractivity contribution in [2.75, 3.05) is 10.6 Å². The van der Waals surface area contributed by atoms with Crippen molar-refractivity contribution in [3.05, 3.63) is 69.8 Å². The second-order valence-electron chi connectivity index (χ2n) is 5.59. The van der Waals surface area contributed by atoms with Crippen molar-refractivity contribution in [1.29, 1.82) is 5.26 Å². The lowest BCUT2D eigenvalue weighted by molar-refractivity contribution is 0.262. The SMILES string of the molecule is Cc1cc(Oc2ccc(C#N)cc2)nc(NC(=O)Nc2c(Cl)cccc2Cl)n1. The third-order valence-electron chi connectivity index (χ3n) is 3.46. The average Bonchev–Trinajstić information content (AvgIpc) is 2.65. The Balaban J connectivity index is 1.73. The Labute approximate surface area is 170 Å². The largest absolute Gasteiger partial charge is 0.439 e.